The molecule has 1 heterocycles. The molecule has 19 heavy (non-hydrogen) atoms. The number of carbonyl (C=O) groups excluding carboxylic acids is 2. The third kappa shape index (κ3) is 3.29. The summed E-state index contributed by atoms with van der Waals surface area (Å²) in [6.07, 6.45) is 0. The Morgan fingerprint density at radius 2 is 2.32 bits per heavy atom. The second kappa shape index (κ2) is 5.79. The van der Waals surface area contributed by atoms with Crippen LogP contribution in [0.5, 0.6) is 5.75 Å². The number of Topliss-reactive ketones (excluding diaryl/α,β-unsaturated/α-hetero) is 1. The van der Waals surface area contributed by atoms with Crippen LogP contribution in [-0.4, -0.2) is 49.9 Å². The van der Waals surface area contributed by atoms with E-state index < -0.39 is 5.82 Å². The highest BCUT2D eigenvalue weighted by Crippen LogP contribution is 2.18. The standard InChI is InChI=1S/C13H15FN2O3/c1-19-12-3-2-9(6-10(12)14)11(17)7-16-5-4-15-13(18)8-16/h2-3,6H,4-5,7-8H2,1H3,(H,15,18). The van der Waals surface area contributed by atoms with E-state index in [2.05, 4.69) is 5.32 Å². The van der Waals surface area contributed by atoms with Gasteiger partial charge in [-0.1, -0.05) is 0 Å². The topological polar surface area (TPSA) is 58.6 Å². The number of benzene rings is 1. The predicted molar refractivity (Wildman–Crippen MR) is 66.7 cm³/mol. The maximum absolute atomic E-state index is 13.5. The molecule has 5 nitrogen and oxygen atoms in total. The number of hydrogen-bond donors (Lipinski definition) is 1. The summed E-state index contributed by atoms with van der Waals surface area (Å²) in [6, 6.07) is 4.10. The highest BCUT2D eigenvalue weighted by molar-refractivity contribution is 5.98. The van der Waals surface area contributed by atoms with Crippen LogP contribution < -0.4 is 10.1 Å². The van der Waals surface area contributed by atoms with Gasteiger partial charge in [0.05, 0.1) is 20.2 Å². The van der Waals surface area contributed by atoms with E-state index in [1.165, 1.54) is 19.2 Å². The number of methoxy groups -OCH3 is 1. The molecule has 1 aromatic rings. The second-order valence-electron chi connectivity index (χ2n) is 4.33. The van der Waals surface area contributed by atoms with Crippen LogP contribution in [0.1, 0.15) is 10.4 Å². The Morgan fingerprint density at radius 3 is 2.95 bits per heavy atom. The van der Waals surface area contributed by atoms with Crippen molar-refractivity contribution in [2.45, 2.75) is 0 Å². The summed E-state index contributed by atoms with van der Waals surface area (Å²) in [6.45, 7) is 1.46. The first-order valence-corrected chi connectivity index (χ1v) is 5.96. The molecule has 1 aliphatic rings. The first-order chi connectivity index (χ1) is 9.10. The lowest BCUT2D eigenvalue weighted by Gasteiger charge is -2.25. The van der Waals surface area contributed by atoms with Gasteiger partial charge in [-0.25, -0.2) is 4.39 Å². The van der Waals surface area contributed by atoms with Crippen molar-refractivity contribution in [3.8, 4) is 5.75 Å². The molecule has 0 aromatic heterocycles. The minimum Gasteiger partial charge on any atom is -0.494 e. The lowest BCUT2D eigenvalue weighted by Crippen LogP contribution is -2.49. The van der Waals surface area contributed by atoms with Crippen molar-refractivity contribution in [1.82, 2.24) is 10.2 Å². The first kappa shape index (κ1) is 13.5. The molecular formula is C13H15FN2O3. The molecule has 1 aliphatic heterocycles. The molecule has 1 N–H and O–H groups in total. The Labute approximate surface area is 110 Å². The molecule has 0 saturated carbocycles. The number of nitrogens with zero attached hydrogens (tertiary/aromatic N) is 1. The zero-order valence-electron chi connectivity index (χ0n) is 10.6. The van der Waals surface area contributed by atoms with Crippen molar-refractivity contribution >= 4 is 11.7 Å². The number of ether oxygens (including phenoxy) is 1. The summed E-state index contributed by atoms with van der Waals surface area (Å²) in [4.78, 5) is 24.9. The van der Waals surface area contributed by atoms with E-state index in [1.807, 2.05) is 0 Å². The highest BCUT2D eigenvalue weighted by atomic mass is 19.1. The average molecular weight is 266 g/mol. The van der Waals surface area contributed by atoms with Crippen LogP contribution in [-0.2, 0) is 4.79 Å². The zero-order chi connectivity index (χ0) is 13.8. The van der Waals surface area contributed by atoms with Gasteiger partial charge in [-0.2, -0.15) is 0 Å². The van der Waals surface area contributed by atoms with Crippen molar-refractivity contribution in [3.63, 3.8) is 0 Å². The Kier molecular flexibility index (Phi) is 4.11. The molecular weight excluding hydrogens is 251 g/mol. The molecule has 1 saturated heterocycles. The van der Waals surface area contributed by atoms with Gasteiger partial charge < -0.3 is 10.1 Å². The molecule has 6 heteroatoms. The first-order valence-electron chi connectivity index (χ1n) is 5.96. The van der Waals surface area contributed by atoms with E-state index in [0.717, 1.165) is 6.07 Å². The molecule has 0 spiro atoms. The fraction of sp³-hybridized carbons (Fsp3) is 0.385. The van der Waals surface area contributed by atoms with Crippen molar-refractivity contribution in [3.05, 3.63) is 29.6 Å². The van der Waals surface area contributed by atoms with E-state index in [-0.39, 0.29) is 36.1 Å². The Morgan fingerprint density at radius 1 is 1.53 bits per heavy atom. The summed E-state index contributed by atoms with van der Waals surface area (Å²) >= 11 is 0. The average Bonchev–Trinajstić information content (AvgIpc) is 2.38. The van der Waals surface area contributed by atoms with Crippen LogP contribution in [0.4, 0.5) is 4.39 Å². The van der Waals surface area contributed by atoms with Gasteiger partial charge in [0.25, 0.3) is 0 Å². The summed E-state index contributed by atoms with van der Waals surface area (Å²) in [7, 11) is 1.37. The SMILES string of the molecule is COc1ccc(C(=O)CN2CCNC(=O)C2)cc1F. The lowest BCUT2D eigenvalue weighted by molar-refractivity contribution is -0.123. The fourth-order valence-corrected chi connectivity index (χ4v) is 1.96. The summed E-state index contributed by atoms with van der Waals surface area (Å²) in [5.41, 5.74) is 0.282. The van der Waals surface area contributed by atoms with E-state index in [0.29, 0.717) is 13.1 Å². The van der Waals surface area contributed by atoms with Crippen LogP contribution in [0.25, 0.3) is 0 Å². The van der Waals surface area contributed by atoms with Gasteiger partial charge in [-0.3, -0.25) is 14.5 Å². The number of nitrogens with one attached hydrogen (secondary N) is 1. The molecule has 1 fully saturated rings. The number of piperazine rings is 1. The van der Waals surface area contributed by atoms with Crippen molar-refractivity contribution in [2.24, 2.45) is 0 Å². The van der Waals surface area contributed by atoms with Crippen LogP contribution in [0.2, 0.25) is 0 Å². The molecule has 2 rings (SSSR count). The van der Waals surface area contributed by atoms with E-state index in [1.54, 1.807) is 4.90 Å². The van der Waals surface area contributed by atoms with Crippen molar-refractivity contribution in [2.75, 3.05) is 33.3 Å². The van der Waals surface area contributed by atoms with Gasteiger partial charge in [0.1, 0.15) is 0 Å². The fourth-order valence-electron chi connectivity index (χ4n) is 1.96. The van der Waals surface area contributed by atoms with Gasteiger partial charge in [0.15, 0.2) is 17.3 Å². The second-order valence-corrected chi connectivity index (χ2v) is 4.33. The number of amides is 1. The third-order valence-corrected chi connectivity index (χ3v) is 2.96. The largest absolute Gasteiger partial charge is 0.494 e. The maximum Gasteiger partial charge on any atom is 0.234 e. The molecule has 0 radical (unpaired) electrons. The number of rotatable bonds is 4. The molecule has 1 amide bonds. The van der Waals surface area contributed by atoms with Gasteiger partial charge >= 0.3 is 0 Å². The van der Waals surface area contributed by atoms with Gasteiger partial charge in [0, 0.05) is 18.7 Å². The number of carbonyl (C=O) groups is 2. The van der Waals surface area contributed by atoms with E-state index in [4.69, 9.17) is 4.74 Å². The third-order valence-electron chi connectivity index (χ3n) is 2.96. The highest BCUT2D eigenvalue weighted by Gasteiger charge is 2.19. The molecule has 1 aromatic carbocycles. The molecule has 102 valence electrons. The minimum absolute atomic E-state index is 0.0973. The zero-order valence-corrected chi connectivity index (χ0v) is 10.6. The normalized spacial score (nSPS) is 16.0. The number of ketones is 1. The number of hydrogen-bond acceptors (Lipinski definition) is 4. The quantitative estimate of drug-likeness (QED) is 0.804. The smallest absolute Gasteiger partial charge is 0.234 e. The predicted octanol–water partition coefficient (Wildman–Crippen LogP) is 0.449. The molecule has 0 aliphatic carbocycles. The van der Waals surface area contributed by atoms with Crippen LogP contribution in [0.3, 0.4) is 0 Å². The summed E-state index contributed by atoms with van der Waals surface area (Å²) in [5.74, 6) is -0.769. The van der Waals surface area contributed by atoms with Crippen LogP contribution in [0.15, 0.2) is 18.2 Å². The minimum atomic E-state index is -0.565. The van der Waals surface area contributed by atoms with Gasteiger partial charge in [-0.05, 0) is 18.2 Å². The number of halogens is 1. The Hall–Kier alpha value is -1.95. The summed E-state index contributed by atoms with van der Waals surface area (Å²) in [5, 5.41) is 2.68. The van der Waals surface area contributed by atoms with Crippen molar-refractivity contribution < 1.29 is 18.7 Å². The Bertz CT molecular complexity index is 505. The van der Waals surface area contributed by atoms with Gasteiger partial charge in [-0.15, -0.1) is 0 Å². The maximum atomic E-state index is 13.5. The van der Waals surface area contributed by atoms with E-state index in [9.17, 15) is 14.0 Å². The summed E-state index contributed by atoms with van der Waals surface area (Å²) < 4.78 is 18.3. The monoisotopic (exact) mass is 266 g/mol. The molecule has 0 unspecified atom stereocenters. The molecule has 0 bridgehead atoms. The van der Waals surface area contributed by atoms with Crippen molar-refractivity contribution in [1.29, 1.82) is 0 Å². The van der Waals surface area contributed by atoms with E-state index >= 15 is 0 Å². The molecule has 0 atom stereocenters. The Balaban J connectivity index is 2.03. The van der Waals surface area contributed by atoms with Crippen LogP contribution >= 0.6 is 0 Å². The lowest BCUT2D eigenvalue weighted by atomic mass is 10.1. The van der Waals surface area contributed by atoms with Crippen LogP contribution in [0, 0.1) is 5.82 Å². The van der Waals surface area contributed by atoms with Gasteiger partial charge in [0.2, 0.25) is 5.91 Å².